The van der Waals surface area contributed by atoms with E-state index >= 15 is 0 Å². The van der Waals surface area contributed by atoms with E-state index in [1.165, 1.54) is 11.3 Å². The molecule has 1 heterocycles. The molecule has 1 aliphatic rings. The fraction of sp³-hybridized carbons (Fsp3) is 0.417. The number of carbonyl (C=O) groups excluding carboxylic acids is 1. The Balaban J connectivity index is 2.32. The summed E-state index contributed by atoms with van der Waals surface area (Å²) in [4.78, 5) is 13.3. The van der Waals surface area contributed by atoms with Crippen LogP contribution in [0.15, 0.2) is 18.2 Å². The van der Waals surface area contributed by atoms with Gasteiger partial charge in [0.05, 0.1) is 0 Å². The largest absolute Gasteiger partial charge is 0.385 e. The second kappa shape index (κ2) is 3.93. The number of fused-ring (bicyclic) bond motifs is 1. The van der Waals surface area contributed by atoms with E-state index in [1.54, 1.807) is 19.0 Å². The maximum atomic E-state index is 11.7. The van der Waals surface area contributed by atoms with E-state index in [4.69, 9.17) is 0 Å². The van der Waals surface area contributed by atoms with Crippen LogP contribution in [0.25, 0.3) is 0 Å². The first-order valence-electron chi connectivity index (χ1n) is 5.27. The molecule has 0 unspecified atom stereocenters. The first-order valence-corrected chi connectivity index (χ1v) is 5.27. The molecule has 80 valence electrons. The van der Waals surface area contributed by atoms with Crippen molar-refractivity contribution in [1.82, 2.24) is 4.90 Å². The Labute approximate surface area is 90.1 Å². The molecule has 0 saturated heterocycles. The van der Waals surface area contributed by atoms with Crippen LogP contribution in [0.2, 0.25) is 0 Å². The summed E-state index contributed by atoms with van der Waals surface area (Å²) in [5.74, 6) is 0.0726. The molecule has 1 aromatic rings. The van der Waals surface area contributed by atoms with Crippen LogP contribution < -0.4 is 5.32 Å². The Bertz CT molecular complexity index is 385. The van der Waals surface area contributed by atoms with Crippen molar-refractivity contribution in [3.63, 3.8) is 0 Å². The van der Waals surface area contributed by atoms with Crippen LogP contribution in [0, 0.1) is 0 Å². The highest BCUT2D eigenvalue weighted by Crippen LogP contribution is 2.23. The van der Waals surface area contributed by atoms with Crippen molar-refractivity contribution in [2.24, 2.45) is 0 Å². The number of nitrogens with zero attached hydrogens (tertiary/aromatic N) is 1. The third-order valence-corrected chi connectivity index (χ3v) is 2.70. The van der Waals surface area contributed by atoms with Gasteiger partial charge in [-0.2, -0.15) is 0 Å². The molecule has 2 rings (SSSR count). The number of anilines is 1. The quantitative estimate of drug-likeness (QED) is 0.755. The highest BCUT2D eigenvalue weighted by atomic mass is 16.2. The van der Waals surface area contributed by atoms with Crippen LogP contribution in [0.5, 0.6) is 0 Å². The minimum atomic E-state index is 0.0726. The van der Waals surface area contributed by atoms with Gasteiger partial charge in [0.2, 0.25) is 0 Å². The maximum absolute atomic E-state index is 11.7. The SMILES string of the molecule is CN(C)C(=O)c1ccc2c(c1)CCCN2. The van der Waals surface area contributed by atoms with Gasteiger partial charge in [-0.15, -0.1) is 0 Å². The maximum Gasteiger partial charge on any atom is 0.253 e. The minimum absolute atomic E-state index is 0.0726. The zero-order chi connectivity index (χ0) is 10.8. The normalized spacial score (nSPS) is 14.0. The van der Waals surface area contributed by atoms with E-state index < -0.39 is 0 Å². The summed E-state index contributed by atoms with van der Waals surface area (Å²) in [6, 6.07) is 5.90. The molecule has 3 heteroatoms. The van der Waals surface area contributed by atoms with Crippen molar-refractivity contribution in [2.75, 3.05) is 26.0 Å². The topological polar surface area (TPSA) is 32.3 Å². The third-order valence-electron chi connectivity index (χ3n) is 2.70. The molecule has 0 aliphatic carbocycles. The highest BCUT2D eigenvalue weighted by molar-refractivity contribution is 5.94. The van der Waals surface area contributed by atoms with Crippen LogP contribution in [0.3, 0.4) is 0 Å². The molecule has 1 aliphatic heterocycles. The average molecular weight is 204 g/mol. The number of benzene rings is 1. The standard InChI is InChI=1S/C12H16N2O/c1-14(2)12(15)10-5-6-11-9(8-10)4-3-7-13-11/h5-6,8,13H,3-4,7H2,1-2H3. The summed E-state index contributed by atoms with van der Waals surface area (Å²) >= 11 is 0. The molecular weight excluding hydrogens is 188 g/mol. The molecule has 0 saturated carbocycles. The lowest BCUT2D eigenvalue weighted by molar-refractivity contribution is 0.0827. The van der Waals surface area contributed by atoms with Gasteiger partial charge in [-0.25, -0.2) is 0 Å². The molecule has 15 heavy (non-hydrogen) atoms. The molecule has 0 aromatic heterocycles. The Kier molecular flexibility index (Phi) is 2.62. The van der Waals surface area contributed by atoms with Crippen LogP contribution >= 0.6 is 0 Å². The van der Waals surface area contributed by atoms with Gasteiger partial charge in [-0.1, -0.05) is 0 Å². The van der Waals surface area contributed by atoms with Gasteiger partial charge in [0.25, 0.3) is 5.91 Å². The predicted molar refractivity (Wildman–Crippen MR) is 61.3 cm³/mol. The molecule has 0 fully saturated rings. The van der Waals surface area contributed by atoms with Gasteiger partial charge in [0, 0.05) is 31.9 Å². The number of nitrogens with one attached hydrogen (secondary N) is 1. The second-order valence-electron chi connectivity index (χ2n) is 4.10. The van der Waals surface area contributed by atoms with Crippen molar-refractivity contribution < 1.29 is 4.79 Å². The Morgan fingerprint density at radius 2 is 2.20 bits per heavy atom. The lowest BCUT2D eigenvalue weighted by atomic mass is 10.0. The van der Waals surface area contributed by atoms with E-state index in [9.17, 15) is 4.79 Å². The summed E-state index contributed by atoms with van der Waals surface area (Å²) in [6.07, 6.45) is 2.21. The van der Waals surface area contributed by atoms with Crippen molar-refractivity contribution >= 4 is 11.6 Å². The van der Waals surface area contributed by atoms with Crippen LogP contribution in [0.1, 0.15) is 22.3 Å². The zero-order valence-electron chi connectivity index (χ0n) is 9.21. The van der Waals surface area contributed by atoms with Crippen LogP contribution in [0.4, 0.5) is 5.69 Å². The Morgan fingerprint density at radius 1 is 1.40 bits per heavy atom. The third kappa shape index (κ3) is 1.96. The minimum Gasteiger partial charge on any atom is -0.385 e. The van der Waals surface area contributed by atoms with Crippen molar-refractivity contribution in [3.8, 4) is 0 Å². The van der Waals surface area contributed by atoms with Gasteiger partial charge < -0.3 is 10.2 Å². The van der Waals surface area contributed by atoms with E-state index in [-0.39, 0.29) is 5.91 Å². The molecule has 3 nitrogen and oxygen atoms in total. The molecule has 0 radical (unpaired) electrons. The van der Waals surface area contributed by atoms with Gasteiger partial charge in [-0.3, -0.25) is 4.79 Å². The number of amides is 1. The van der Waals surface area contributed by atoms with E-state index in [0.29, 0.717) is 0 Å². The monoisotopic (exact) mass is 204 g/mol. The summed E-state index contributed by atoms with van der Waals surface area (Å²) in [7, 11) is 3.56. The first kappa shape index (κ1) is 10.0. The Morgan fingerprint density at radius 3 is 2.93 bits per heavy atom. The number of carbonyl (C=O) groups is 1. The first-order chi connectivity index (χ1) is 7.18. The second-order valence-corrected chi connectivity index (χ2v) is 4.10. The molecule has 0 bridgehead atoms. The van der Waals surface area contributed by atoms with Crippen molar-refractivity contribution in [2.45, 2.75) is 12.8 Å². The van der Waals surface area contributed by atoms with Crippen molar-refractivity contribution in [1.29, 1.82) is 0 Å². The average Bonchev–Trinajstić information content (AvgIpc) is 2.27. The fourth-order valence-electron chi connectivity index (χ4n) is 1.87. The fourth-order valence-corrected chi connectivity index (χ4v) is 1.87. The lowest BCUT2D eigenvalue weighted by Crippen LogP contribution is -2.22. The number of hydrogen-bond acceptors (Lipinski definition) is 2. The molecule has 0 atom stereocenters. The summed E-state index contributed by atoms with van der Waals surface area (Å²) in [6.45, 7) is 1.04. The Hall–Kier alpha value is -1.51. The smallest absolute Gasteiger partial charge is 0.253 e. The van der Waals surface area contributed by atoms with E-state index in [0.717, 1.165) is 24.9 Å². The molecule has 1 N–H and O–H groups in total. The van der Waals surface area contributed by atoms with Gasteiger partial charge >= 0.3 is 0 Å². The van der Waals surface area contributed by atoms with Crippen LogP contribution in [-0.2, 0) is 6.42 Å². The summed E-state index contributed by atoms with van der Waals surface area (Å²) in [5.41, 5.74) is 3.22. The summed E-state index contributed by atoms with van der Waals surface area (Å²) in [5, 5.41) is 3.33. The van der Waals surface area contributed by atoms with Crippen molar-refractivity contribution in [3.05, 3.63) is 29.3 Å². The highest BCUT2D eigenvalue weighted by Gasteiger charge is 2.13. The number of hydrogen-bond donors (Lipinski definition) is 1. The molecular formula is C12H16N2O. The van der Waals surface area contributed by atoms with E-state index in [2.05, 4.69) is 5.32 Å². The van der Waals surface area contributed by atoms with Gasteiger partial charge in [-0.05, 0) is 36.6 Å². The molecule has 1 aromatic carbocycles. The molecule has 0 spiro atoms. The van der Waals surface area contributed by atoms with Gasteiger partial charge in [0.1, 0.15) is 0 Å². The number of aryl methyl sites for hydroxylation is 1. The van der Waals surface area contributed by atoms with Crippen LogP contribution in [-0.4, -0.2) is 31.4 Å². The lowest BCUT2D eigenvalue weighted by Gasteiger charge is -2.19. The van der Waals surface area contributed by atoms with Gasteiger partial charge in [0.15, 0.2) is 0 Å². The zero-order valence-corrected chi connectivity index (χ0v) is 9.21. The summed E-state index contributed by atoms with van der Waals surface area (Å²) < 4.78 is 0. The molecule has 1 amide bonds. The number of rotatable bonds is 1. The predicted octanol–water partition coefficient (Wildman–Crippen LogP) is 1.75. The van der Waals surface area contributed by atoms with E-state index in [1.807, 2.05) is 18.2 Å².